The molecule has 0 amide bonds. The van der Waals surface area contributed by atoms with E-state index in [0.717, 1.165) is 5.56 Å². The molecule has 26 heavy (non-hydrogen) atoms. The third-order valence-corrected chi connectivity index (χ3v) is 5.03. The molecule has 0 fully saturated rings. The van der Waals surface area contributed by atoms with Crippen LogP contribution in [0.15, 0.2) is 91.0 Å². The number of carbonyl (C=O) groups is 1. The quantitative estimate of drug-likeness (QED) is 0.210. The fourth-order valence-electron chi connectivity index (χ4n) is 3.77. The minimum atomic E-state index is 0.0243. The van der Waals surface area contributed by atoms with Crippen LogP contribution in [0.4, 0.5) is 0 Å². The Bertz CT molecular complexity index is 1260. The summed E-state index contributed by atoms with van der Waals surface area (Å²) >= 11 is 0. The van der Waals surface area contributed by atoms with E-state index in [2.05, 4.69) is 54.6 Å². The molecule has 5 aromatic rings. The van der Waals surface area contributed by atoms with Gasteiger partial charge in [-0.05, 0) is 44.0 Å². The summed E-state index contributed by atoms with van der Waals surface area (Å²) in [7, 11) is 0. The molecule has 0 atom stereocenters. The number of carbonyl (C=O) groups excluding carboxylic acids is 1. The van der Waals surface area contributed by atoms with E-state index in [-0.39, 0.29) is 5.78 Å². The first-order valence-corrected chi connectivity index (χ1v) is 8.75. The highest BCUT2D eigenvalue weighted by Crippen LogP contribution is 2.36. The van der Waals surface area contributed by atoms with Gasteiger partial charge in [-0.2, -0.15) is 0 Å². The third-order valence-electron chi connectivity index (χ3n) is 5.03. The lowest BCUT2D eigenvalue weighted by atomic mass is 9.92. The maximum Gasteiger partial charge on any atom is 0.185 e. The lowest BCUT2D eigenvalue weighted by molar-refractivity contribution is 0.104. The highest BCUT2D eigenvalue weighted by Gasteiger charge is 2.09. The van der Waals surface area contributed by atoms with Gasteiger partial charge in [0.1, 0.15) is 0 Å². The molecule has 0 aliphatic heterocycles. The van der Waals surface area contributed by atoms with E-state index in [0.29, 0.717) is 5.56 Å². The fraction of sp³-hybridized carbons (Fsp3) is 0. The van der Waals surface area contributed by atoms with Crippen LogP contribution in [0.1, 0.15) is 15.9 Å². The molecule has 0 heterocycles. The lowest BCUT2D eigenvalue weighted by Crippen LogP contribution is -1.93. The van der Waals surface area contributed by atoms with Crippen LogP contribution in [0.2, 0.25) is 0 Å². The van der Waals surface area contributed by atoms with Crippen LogP contribution >= 0.6 is 0 Å². The van der Waals surface area contributed by atoms with E-state index in [9.17, 15) is 4.79 Å². The van der Waals surface area contributed by atoms with Gasteiger partial charge < -0.3 is 0 Å². The van der Waals surface area contributed by atoms with Gasteiger partial charge in [-0.15, -0.1) is 0 Å². The summed E-state index contributed by atoms with van der Waals surface area (Å²) in [6.45, 7) is 0. The smallest absolute Gasteiger partial charge is 0.185 e. The SMILES string of the molecule is O=C(C=Cc1ccc2ccc3cccc4ccc1c2c34)c1ccccc1. The van der Waals surface area contributed by atoms with E-state index in [1.54, 1.807) is 6.08 Å². The summed E-state index contributed by atoms with van der Waals surface area (Å²) < 4.78 is 0. The van der Waals surface area contributed by atoms with Gasteiger partial charge in [0, 0.05) is 5.56 Å². The monoisotopic (exact) mass is 332 g/mol. The van der Waals surface area contributed by atoms with Crippen LogP contribution in [0.3, 0.4) is 0 Å². The van der Waals surface area contributed by atoms with Crippen molar-refractivity contribution < 1.29 is 4.79 Å². The van der Waals surface area contributed by atoms with E-state index >= 15 is 0 Å². The number of hydrogen-bond acceptors (Lipinski definition) is 1. The zero-order chi connectivity index (χ0) is 17.5. The molecule has 0 bridgehead atoms. The van der Waals surface area contributed by atoms with E-state index in [4.69, 9.17) is 0 Å². The van der Waals surface area contributed by atoms with Crippen LogP contribution in [-0.4, -0.2) is 5.78 Å². The number of ketones is 1. The molecule has 0 radical (unpaired) electrons. The summed E-state index contributed by atoms with van der Waals surface area (Å²) in [5.74, 6) is 0.0243. The summed E-state index contributed by atoms with van der Waals surface area (Å²) in [5, 5.41) is 7.49. The molecule has 1 heteroatoms. The second kappa shape index (κ2) is 5.82. The summed E-state index contributed by atoms with van der Waals surface area (Å²) in [6.07, 6.45) is 3.60. The van der Waals surface area contributed by atoms with Crippen molar-refractivity contribution in [2.75, 3.05) is 0 Å². The second-order valence-electron chi connectivity index (χ2n) is 6.57. The van der Waals surface area contributed by atoms with Gasteiger partial charge in [0.25, 0.3) is 0 Å². The van der Waals surface area contributed by atoms with Crippen molar-refractivity contribution in [3.05, 3.63) is 102 Å². The van der Waals surface area contributed by atoms with E-state index in [1.165, 1.54) is 32.3 Å². The van der Waals surface area contributed by atoms with Crippen LogP contribution < -0.4 is 0 Å². The van der Waals surface area contributed by atoms with E-state index < -0.39 is 0 Å². The molecular formula is C25H16O. The van der Waals surface area contributed by atoms with Gasteiger partial charge in [-0.3, -0.25) is 4.79 Å². The zero-order valence-corrected chi connectivity index (χ0v) is 14.1. The minimum Gasteiger partial charge on any atom is -0.289 e. The lowest BCUT2D eigenvalue weighted by Gasteiger charge is -2.12. The average Bonchev–Trinajstić information content (AvgIpc) is 2.71. The summed E-state index contributed by atoms with van der Waals surface area (Å²) in [5.41, 5.74) is 1.78. The maximum absolute atomic E-state index is 12.4. The second-order valence-corrected chi connectivity index (χ2v) is 6.57. The largest absolute Gasteiger partial charge is 0.289 e. The van der Waals surface area contributed by atoms with Crippen molar-refractivity contribution in [2.45, 2.75) is 0 Å². The Labute approximate surface area is 151 Å². The first-order valence-electron chi connectivity index (χ1n) is 8.75. The van der Waals surface area contributed by atoms with E-state index in [1.807, 2.05) is 36.4 Å². The highest BCUT2D eigenvalue weighted by atomic mass is 16.1. The maximum atomic E-state index is 12.4. The predicted octanol–water partition coefficient (Wildman–Crippen LogP) is 6.48. The van der Waals surface area contributed by atoms with Gasteiger partial charge in [0.05, 0.1) is 0 Å². The van der Waals surface area contributed by atoms with Crippen molar-refractivity contribution >= 4 is 44.2 Å². The standard InChI is InChI=1S/C25H16O/c26-23(18-5-2-1-3-6-18)16-14-17-9-10-21-12-11-19-7-4-8-20-13-15-22(17)25(21)24(19)20/h1-16H. The van der Waals surface area contributed by atoms with Crippen LogP contribution in [-0.2, 0) is 0 Å². The molecule has 0 unspecified atom stereocenters. The molecule has 0 aliphatic carbocycles. The molecular weight excluding hydrogens is 316 g/mol. The fourth-order valence-corrected chi connectivity index (χ4v) is 3.77. The molecule has 1 nitrogen and oxygen atoms in total. The Hall–Kier alpha value is -3.45. The number of hydrogen-bond donors (Lipinski definition) is 0. The molecule has 0 spiro atoms. The Kier molecular flexibility index (Phi) is 3.32. The van der Waals surface area contributed by atoms with Crippen molar-refractivity contribution in [2.24, 2.45) is 0 Å². The Morgan fingerprint density at radius 1 is 0.615 bits per heavy atom. The highest BCUT2D eigenvalue weighted by molar-refractivity contribution is 6.24. The Morgan fingerprint density at radius 2 is 1.27 bits per heavy atom. The molecule has 0 saturated heterocycles. The third kappa shape index (κ3) is 2.29. The van der Waals surface area contributed by atoms with Crippen molar-refractivity contribution in [3.63, 3.8) is 0 Å². The molecule has 0 saturated carbocycles. The summed E-state index contributed by atoms with van der Waals surface area (Å²) in [6, 6.07) is 28.7. The molecule has 0 aromatic heterocycles. The molecule has 5 rings (SSSR count). The van der Waals surface area contributed by atoms with Crippen LogP contribution in [0, 0.1) is 0 Å². The molecule has 0 N–H and O–H groups in total. The zero-order valence-electron chi connectivity index (χ0n) is 14.1. The minimum absolute atomic E-state index is 0.0243. The average molecular weight is 332 g/mol. The van der Waals surface area contributed by atoms with Gasteiger partial charge in [-0.1, -0.05) is 91.0 Å². The normalized spacial score (nSPS) is 11.8. The van der Waals surface area contributed by atoms with Gasteiger partial charge >= 0.3 is 0 Å². The molecule has 122 valence electrons. The predicted molar refractivity (Wildman–Crippen MR) is 110 cm³/mol. The van der Waals surface area contributed by atoms with Crippen LogP contribution in [0.25, 0.3) is 38.4 Å². The van der Waals surface area contributed by atoms with Crippen molar-refractivity contribution in [1.29, 1.82) is 0 Å². The van der Waals surface area contributed by atoms with Gasteiger partial charge in [0.2, 0.25) is 0 Å². The first kappa shape index (κ1) is 14.9. The number of benzene rings is 5. The Balaban J connectivity index is 1.69. The summed E-state index contributed by atoms with van der Waals surface area (Å²) in [4.78, 5) is 12.4. The van der Waals surface area contributed by atoms with Crippen molar-refractivity contribution in [3.8, 4) is 0 Å². The topological polar surface area (TPSA) is 17.1 Å². The number of rotatable bonds is 3. The number of allylic oxidation sites excluding steroid dienone is 1. The van der Waals surface area contributed by atoms with Crippen LogP contribution in [0.5, 0.6) is 0 Å². The molecule has 0 aliphatic rings. The molecule has 5 aromatic carbocycles. The Morgan fingerprint density at radius 3 is 2.04 bits per heavy atom. The van der Waals surface area contributed by atoms with Crippen molar-refractivity contribution in [1.82, 2.24) is 0 Å². The van der Waals surface area contributed by atoms with Gasteiger partial charge in [0.15, 0.2) is 5.78 Å². The van der Waals surface area contributed by atoms with Gasteiger partial charge in [-0.25, -0.2) is 0 Å². The first-order chi connectivity index (χ1) is 12.8.